The van der Waals surface area contributed by atoms with Crippen LogP contribution in [0.4, 0.5) is 5.69 Å². The minimum absolute atomic E-state index is 0.179. The van der Waals surface area contributed by atoms with Gasteiger partial charge in [0.2, 0.25) is 10.0 Å². The molecule has 1 aliphatic rings. The SMILES string of the molecule is Cc1ccc(N(Cc2cccnc2)S(=O)(=O)C2C(C)NNC2C)cc1. The maximum Gasteiger partial charge on any atom is 0.241 e. The van der Waals surface area contributed by atoms with Gasteiger partial charge in [-0.25, -0.2) is 8.42 Å². The molecule has 1 saturated heterocycles. The lowest BCUT2D eigenvalue weighted by Gasteiger charge is -2.30. The molecule has 0 saturated carbocycles. The summed E-state index contributed by atoms with van der Waals surface area (Å²) in [6, 6.07) is 10.9. The van der Waals surface area contributed by atoms with Crippen molar-refractivity contribution in [3.05, 3.63) is 59.9 Å². The fraction of sp³-hybridized carbons (Fsp3) is 0.389. The Morgan fingerprint density at radius 1 is 1.08 bits per heavy atom. The van der Waals surface area contributed by atoms with E-state index in [9.17, 15) is 8.42 Å². The standard InChI is InChI=1S/C18H24N4O2S/c1-13-6-8-17(9-7-13)22(12-16-5-4-10-19-11-16)25(23,24)18-14(2)20-21-15(18)3/h4-11,14-15,18,20-21H,12H2,1-3H3. The van der Waals surface area contributed by atoms with Crippen LogP contribution in [0.3, 0.4) is 0 Å². The van der Waals surface area contributed by atoms with E-state index in [-0.39, 0.29) is 18.6 Å². The van der Waals surface area contributed by atoms with Crippen LogP contribution in [0.2, 0.25) is 0 Å². The van der Waals surface area contributed by atoms with Gasteiger partial charge in [-0.15, -0.1) is 0 Å². The van der Waals surface area contributed by atoms with Crippen LogP contribution in [0.25, 0.3) is 0 Å². The highest BCUT2D eigenvalue weighted by molar-refractivity contribution is 7.93. The highest BCUT2D eigenvalue weighted by Gasteiger charge is 2.43. The number of nitrogens with zero attached hydrogens (tertiary/aromatic N) is 2. The molecule has 2 N–H and O–H groups in total. The number of rotatable bonds is 5. The molecule has 1 fully saturated rings. The fourth-order valence-corrected chi connectivity index (χ4v) is 5.43. The van der Waals surface area contributed by atoms with Crippen molar-refractivity contribution in [1.29, 1.82) is 0 Å². The zero-order valence-corrected chi connectivity index (χ0v) is 15.5. The molecule has 0 spiro atoms. The molecular formula is C18H24N4O2S. The number of hydrogen-bond acceptors (Lipinski definition) is 5. The van der Waals surface area contributed by atoms with E-state index in [2.05, 4.69) is 15.8 Å². The Balaban J connectivity index is 2.02. The first-order chi connectivity index (χ1) is 11.9. The number of aromatic nitrogens is 1. The third-order valence-electron chi connectivity index (χ3n) is 4.55. The van der Waals surface area contributed by atoms with E-state index in [0.29, 0.717) is 5.69 Å². The molecule has 1 aromatic carbocycles. The molecule has 2 atom stereocenters. The maximum atomic E-state index is 13.5. The van der Waals surface area contributed by atoms with Gasteiger partial charge in [0, 0.05) is 24.5 Å². The summed E-state index contributed by atoms with van der Waals surface area (Å²) in [5, 5.41) is -0.550. The number of hydrazine groups is 1. The Hall–Kier alpha value is -1.96. The summed E-state index contributed by atoms with van der Waals surface area (Å²) in [5.41, 5.74) is 8.68. The number of hydrogen-bond donors (Lipinski definition) is 2. The molecule has 0 bridgehead atoms. The second kappa shape index (κ2) is 7.11. The molecule has 1 aliphatic heterocycles. The van der Waals surface area contributed by atoms with E-state index in [1.807, 2.05) is 57.2 Å². The van der Waals surface area contributed by atoms with Crippen LogP contribution < -0.4 is 15.2 Å². The molecule has 0 radical (unpaired) electrons. The second-order valence-corrected chi connectivity index (χ2v) is 8.59. The van der Waals surface area contributed by atoms with Crippen molar-refractivity contribution in [3.8, 4) is 0 Å². The van der Waals surface area contributed by atoms with Gasteiger partial charge in [0.25, 0.3) is 0 Å². The van der Waals surface area contributed by atoms with Crippen molar-refractivity contribution in [2.45, 2.75) is 44.6 Å². The Kier molecular flexibility index (Phi) is 5.08. The topological polar surface area (TPSA) is 74.3 Å². The Bertz CT molecular complexity index is 799. The molecule has 7 heteroatoms. The molecule has 134 valence electrons. The van der Waals surface area contributed by atoms with E-state index in [1.54, 1.807) is 12.4 Å². The predicted octanol–water partition coefficient (Wildman–Crippen LogP) is 1.98. The van der Waals surface area contributed by atoms with Crippen molar-refractivity contribution < 1.29 is 8.42 Å². The molecule has 0 aliphatic carbocycles. The first-order valence-corrected chi connectivity index (χ1v) is 9.88. The highest BCUT2D eigenvalue weighted by Crippen LogP contribution is 2.27. The molecular weight excluding hydrogens is 336 g/mol. The van der Waals surface area contributed by atoms with Crippen LogP contribution in [-0.4, -0.2) is 30.7 Å². The molecule has 6 nitrogen and oxygen atoms in total. The smallest absolute Gasteiger partial charge is 0.241 e. The lowest BCUT2D eigenvalue weighted by molar-refractivity contribution is 0.553. The zero-order valence-electron chi connectivity index (χ0n) is 14.7. The first kappa shape index (κ1) is 17.8. The minimum atomic E-state index is -3.58. The van der Waals surface area contributed by atoms with Gasteiger partial charge < -0.3 is 0 Å². The van der Waals surface area contributed by atoms with Gasteiger partial charge in [-0.3, -0.25) is 20.1 Å². The number of anilines is 1. The summed E-state index contributed by atoms with van der Waals surface area (Å²) in [6.07, 6.45) is 3.39. The molecule has 2 unspecified atom stereocenters. The van der Waals surface area contributed by atoms with Crippen LogP contribution >= 0.6 is 0 Å². The van der Waals surface area contributed by atoms with Gasteiger partial charge >= 0.3 is 0 Å². The summed E-state index contributed by atoms with van der Waals surface area (Å²) in [5.74, 6) is 0. The quantitative estimate of drug-likeness (QED) is 0.853. The Labute approximate surface area is 149 Å². The molecule has 1 aromatic heterocycles. The first-order valence-electron chi connectivity index (χ1n) is 8.38. The summed E-state index contributed by atoms with van der Waals surface area (Å²) in [6.45, 7) is 6.01. The normalized spacial score (nSPS) is 23.6. The van der Waals surface area contributed by atoms with Gasteiger partial charge in [-0.05, 0) is 44.5 Å². The lowest BCUT2D eigenvalue weighted by atomic mass is 10.2. The largest absolute Gasteiger partial charge is 0.265 e. The van der Waals surface area contributed by atoms with E-state index in [0.717, 1.165) is 11.1 Å². The van der Waals surface area contributed by atoms with E-state index < -0.39 is 15.3 Å². The van der Waals surface area contributed by atoms with E-state index in [1.165, 1.54) is 4.31 Å². The Morgan fingerprint density at radius 2 is 1.72 bits per heavy atom. The second-order valence-electron chi connectivity index (χ2n) is 6.58. The summed E-state index contributed by atoms with van der Waals surface area (Å²) < 4.78 is 28.4. The van der Waals surface area contributed by atoms with Crippen molar-refractivity contribution in [2.24, 2.45) is 0 Å². The van der Waals surface area contributed by atoms with Crippen molar-refractivity contribution >= 4 is 15.7 Å². The van der Waals surface area contributed by atoms with Gasteiger partial charge in [-0.1, -0.05) is 23.8 Å². The van der Waals surface area contributed by atoms with Crippen LogP contribution in [0.5, 0.6) is 0 Å². The van der Waals surface area contributed by atoms with E-state index in [4.69, 9.17) is 0 Å². The van der Waals surface area contributed by atoms with Gasteiger partial charge in [0.15, 0.2) is 0 Å². The monoisotopic (exact) mass is 360 g/mol. The Morgan fingerprint density at radius 3 is 2.28 bits per heavy atom. The summed E-state index contributed by atoms with van der Waals surface area (Å²) >= 11 is 0. The number of aryl methyl sites for hydroxylation is 1. The third-order valence-corrected chi connectivity index (χ3v) is 7.00. The average Bonchev–Trinajstić information content (AvgIpc) is 2.94. The fourth-order valence-electron chi connectivity index (χ4n) is 3.22. The van der Waals surface area contributed by atoms with Crippen molar-refractivity contribution in [2.75, 3.05) is 4.31 Å². The van der Waals surface area contributed by atoms with Crippen LogP contribution in [0.15, 0.2) is 48.8 Å². The molecule has 2 heterocycles. The highest BCUT2D eigenvalue weighted by atomic mass is 32.2. The number of nitrogens with one attached hydrogen (secondary N) is 2. The maximum absolute atomic E-state index is 13.5. The minimum Gasteiger partial charge on any atom is -0.265 e. The summed E-state index contributed by atoms with van der Waals surface area (Å²) in [7, 11) is -3.58. The van der Waals surface area contributed by atoms with Crippen LogP contribution in [-0.2, 0) is 16.6 Å². The molecule has 0 amide bonds. The number of pyridine rings is 1. The number of sulfonamides is 1. The third kappa shape index (κ3) is 3.68. The van der Waals surface area contributed by atoms with Crippen molar-refractivity contribution in [3.63, 3.8) is 0 Å². The molecule has 3 rings (SSSR count). The van der Waals surface area contributed by atoms with Gasteiger partial charge in [-0.2, -0.15) is 0 Å². The predicted molar refractivity (Wildman–Crippen MR) is 99.5 cm³/mol. The van der Waals surface area contributed by atoms with Gasteiger partial charge in [0.05, 0.1) is 12.2 Å². The van der Waals surface area contributed by atoms with Crippen molar-refractivity contribution in [1.82, 2.24) is 15.8 Å². The lowest BCUT2D eigenvalue weighted by Crippen LogP contribution is -2.46. The average molecular weight is 360 g/mol. The molecule has 25 heavy (non-hydrogen) atoms. The number of benzene rings is 1. The van der Waals surface area contributed by atoms with Crippen LogP contribution in [0.1, 0.15) is 25.0 Å². The van der Waals surface area contributed by atoms with E-state index >= 15 is 0 Å². The van der Waals surface area contributed by atoms with Crippen LogP contribution in [0, 0.1) is 6.92 Å². The molecule has 2 aromatic rings. The van der Waals surface area contributed by atoms with Gasteiger partial charge in [0.1, 0.15) is 5.25 Å². The summed E-state index contributed by atoms with van der Waals surface area (Å²) in [4.78, 5) is 4.11. The zero-order chi connectivity index (χ0) is 18.0.